The Morgan fingerprint density at radius 2 is 1.89 bits per heavy atom. The highest BCUT2D eigenvalue weighted by molar-refractivity contribution is 5.36. The zero-order valence-corrected chi connectivity index (χ0v) is 5.33. The van der Waals surface area contributed by atoms with E-state index in [4.69, 9.17) is 14.3 Å². The van der Waals surface area contributed by atoms with Crippen molar-refractivity contribution < 1.29 is 19.0 Å². The Morgan fingerprint density at radius 3 is 2.00 bits per heavy atom. The SMILES string of the molecule is C1COCO1.COC=O. The lowest BCUT2D eigenvalue weighted by Gasteiger charge is -1.76. The fourth-order valence-corrected chi connectivity index (χ4v) is 0.295. The van der Waals surface area contributed by atoms with Crippen molar-refractivity contribution in [1.82, 2.24) is 0 Å². The molecule has 0 spiro atoms. The molecule has 4 heteroatoms. The van der Waals surface area contributed by atoms with E-state index in [-0.39, 0.29) is 0 Å². The third-order valence-electron chi connectivity index (χ3n) is 0.635. The van der Waals surface area contributed by atoms with E-state index in [2.05, 4.69) is 4.74 Å². The summed E-state index contributed by atoms with van der Waals surface area (Å²) >= 11 is 0. The van der Waals surface area contributed by atoms with Crippen molar-refractivity contribution in [2.45, 2.75) is 0 Å². The van der Waals surface area contributed by atoms with Crippen LogP contribution in [-0.2, 0) is 19.0 Å². The second-order valence-electron chi connectivity index (χ2n) is 1.27. The fourth-order valence-electron chi connectivity index (χ4n) is 0.295. The van der Waals surface area contributed by atoms with Crippen LogP contribution in [0.4, 0.5) is 0 Å². The van der Waals surface area contributed by atoms with Gasteiger partial charge in [-0.2, -0.15) is 0 Å². The first-order valence-corrected chi connectivity index (χ1v) is 2.53. The summed E-state index contributed by atoms with van der Waals surface area (Å²) in [6.07, 6.45) is 0. The van der Waals surface area contributed by atoms with Gasteiger partial charge in [0.15, 0.2) is 0 Å². The molecule has 54 valence electrons. The first kappa shape index (κ1) is 8.39. The van der Waals surface area contributed by atoms with Crippen molar-refractivity contribution >= 4 is 6.47 Å². The zero-order valence-electron chi connectivity index (χ0n) is 5.33. The summed E-state index contributed by atoms with van der Waals surface area (Å²) in [5.41, 5.74) is 0. The van der Waals surface area contributed by atoms with Gasteiger partial charge in [-0.25, -0.2) is 0 Å². The summed E-state index contributed by atoms with van der Waals surface area (Å²) in [6, 6.07) is 0. The fraction of sp³-hybridized carbons (Fsp3) is 0.800. The lowest BCUT2D eigenvalue weighted by molar-refractivity contribution is -0.126. The monoisotopic (exact) mass is 134 g/mol. The van der Waals surface area contributed by atoms with Crippen molar-refractivity contribution in [1.29, 1.82) is 0 Å². The Morgan fingerprint density at radius 1 is 1.44 bits per heavy atom. The van der Waals surface area contributed by atoms with Crippen molar-refractivity contribution in [3.05, 3.63) is 0 Å². The van der Waals surface area contributed by atoms with Crippen LogP contribution in [0.5, 0.6) is 0 Å². The first-order chi connectivity index (χ1) is 4.41. The second kappa shape index (κ2) is 7.39. The first-order valence-electron chi connectivity index (χ1n) is 2.53. The predicted octanol–water partition coefficient (Wildman–Crippen LogP) is -0.220. The molecule has 0 bridgehead atoms. The molecular weight excluding hydrogens is 124 g/mol. The average molecular weight is 134 g/mol. The van der Waals surface area contributed by atoms with Crippen LogP contribution in [0.15, 0.2) is 0 Å². The Labute approximate surface area is 53.7 Å². The molecule has 0 saturated carbocycles. The molecule has 4 nitrogen and oxygen atoms in total. The predicted molar refractivity (Wildman–Crippen MR) is 29.8 cm³/mol. The van der Waals surface area contributed by atoms with Crippen LogP contribution in [-0.4, -0.2) is 33.6 Å². The summed E-state index contributed by atoms with van der Waals surface area (Å²) < 4.78 is 13.3. The number of hydrogen-bond acceptors (Lipinski definition) is 4. The van der Waals surface area contributed by atoms with E-state index in [1.807, 2.05) is 0 Å². The minimum absolute atomic E-state index is 0.375. The molecule has 0 aliphatic carbocycles. The molecule has 0 amide bonds. The molecule has 0 radical (unpaired) electrons. The van der Waals surface area contributed by atoms with Crippen LogP contribution >= 0.6 is 0 Å². The van der Waals surface area contributed by atoms with Crippen LogP contribution in [0.1, 0.15) is 0 Å². The topological polar surface area (TPSA) is 44.8 Å². The van der Waals surface area contributed by atoms with E-state index in [0.717, 1.165) is 13.2 Å². The normalized spacial score (nSPS) is 15.7. The molecule has 1 saturated heterocycles. The number of ether oxygens (including phenoxy) is 3. The highest BCUT2D eigenvalue weighted by Gasteiger charge is 1.93. The Kier molecular flexibility index (Phi) is 6.89. The molecule has 0 N–H and O–H groups in total. The molecule has 1 fully saturated rings. The largest absolute Gasteiger partial charge is 0.471 e. The number of hydrogen-bond donors (Lipinski definition) is 0. The second-order valence-corrected chi connectivity index (χ2v) is 1.27. The zero-order chi connectivity index (χ0) is 6.95. The van der Waals surface area contributed by atoms with E-state index >= 15 is 0 Å². The van der Waals surface area contributed by atoms with E-state index in [1.165, 1.54) is 7.11 Å². The lowest BCUT2D eigenvalue weighted by atomic mass is 10.8. The third-order valence-corrected chi connectivity index (χ3v) is 0.635. The molecule has 9 heavy (non-hydrogen) atoms. The number of rotatable bonds is 1. The van der Waals surface area contributed by atoms with E-state index in [9.17, 15) is 0 Å². The van der Waals surface area contributed by atoms with Crippen LogP contribution < -0.4 is 0 Å². The van der Waals surface area contributed by atoms with Gasteiger partial charge in [-0.05, 0) is 0 Å². The Balaban J connectivity index is 0.000000148. The summed E-state index contributed by atoms with van der Waals surface area (Å²) in [6.45, 7) is 2.43. The van der Waals surface area contributed by atoms with Crippen LogP contribution in [0, 0.1) is 0 Å². The van der Waals surface area contributed by atoms with Gasteiger partial charge in [0.25, 0.3) is 6.47 Å². The minimum atomic E-state index is 0.375. The molecule has 1 heterocycles. The third kappa shape index (κ3) is 7.39. The quantitative estimate of drug-likeness (QED) is 0.465. The smallest absolute Gasteiger partial charge is 0.292 e. The van der Waals surface area contributed by atoms with Gasteiger partial charge in [0.1, 0.15) is 6.79 Å². The Hall–Kier alpha value is -0.610. The number of carbonyl (C=O) groups excluding carboxylic acids is 1. The molecule has 0 aromatic heterocycles. The van der Waals surface area contributed by atoms with Gasteiger partial charge in [-0.1, -0.05) is 0 Å². The van der Waals surface area contributed by atoms with Gasteiger partial charge in [0, 0.05) is 0 Å². The van der Waals surface area contributed by atoms with Crippen LogP contribution in [0.2, 0.25) is 0 Å². The summed E-state index contributed by atoms with van der Waals surface area (Å²) in [5, 5.41) is 0. The van der Waals surface area contributed by atoms with Gasteiger partial charge in [-0.3, -0.25) is 4.79 Å². The molecule has 0 aromatic rings. The van der Waals surface area contributed by atoms with E-state index in [1.54, 1.807) is 0 Å². The molecule has 0 atom stereocenters. The van der Waals surface area contributed by atoms with Gasteiger partial charge >= 0.3 is 0 Å². The summed E-state index contributed by atoms with van der Waals surface area (Å²) in [4.78, 5) is 8.95. The molecule has 1 aliphatic rings. The van der Waals surface area contributed by atoms with Crippen molar-refractivity contribution in [2.75, 3.05) is 27.1 Å². The van der Waals surface area contributed by atoms with Crippen LogP contribution in [0.25, 0.3) is 0 Å². The van der Waals surface area contributed by atoms with Crippen molar-refractivity contribution in [3.8, 4) is 0 Å². The van der Waals surface area contributed by atoms with Gasteiger partial charge in [0.2, 0.25) is 0 Å². The Bertz CT molecular complexity index is 52.4. The van der Waals surface area contributed by atoms with Crippen molar-refractivity contribution in [2.24, 2.45) is 0 Å². The average Bonchev–Trinajstić information content (AvgIpc) is 2.43. The molecule has 0 aromatic carbocycles. The summed E-state index contributed by atoms with van der Waals surface area (Å²) in [5.74, 6) is 0. The molecule has 0 unspecified atom stereocenters. The highest BCUT2D eigenvalue weighted by atomic mass is 16.7. The van der Waals surface area contributed by atoms with E-state index in [0.29, 0.717) is 13.3 Å². The summed E-state index contributed by atoms with van der Waals surface area (Å²) in [7, 11) is 1.31. The van der Waals surface area contributed by atoms with Gasteiger partial charge < -0.3 is 14.2 Å². The minimum Gasteiger partial charge on any atom is -0.471 e. The maximum atomic E-state index is 8.95. The lowest BCUT2D eigenvalue weighted by Crippen LogP contribution is -1.79. The standard InChI is InChI=1S/C3H6O2.C2H4O2/c1-2-5-3-4-1;1-4-2-3/h1-3H2;2H,1H3. The highest BCUT2D eigenvalue weighted by Crippen LogP contribution is 1.85. The maximum absolute atomic E-state index is 8.95. The molecule has 1 rings (SSSR count). The van der Waals surface area contributed by atoms with Crippen molar-refractivity contribution in [3.63, 3.8) is 0 Å². The van der Waals surface area contributed by atoms with Crippen LogP contribution in [0.3, 0.4) is 0 Å². The maximum Gasteiger partial charge on any atom is 0.292 e. The number of carbonyl (C=O) groups is 1. The van der Waals surface area contributed by atoms with E-state index < -0.39 is 0 Å². The number of methoxy groups -OCH3 is 1. The van der Waals surface area contributed by atoms with Gasteiger partial charge in [-0.15, -0.1) is 0 Å². The molecular formula is C5H10O4. The molecule has 1 aliphatic heterocycles. The van der Waals surface area contributed by atoms with Gasteiger partial charge in [0.05, 0.1) is 20.3 Å².